The highest BCUT2D eigenvalue weighted by atomic mass is 16.5. The number of hydrogen-bond donors (Lipinski definition) is 2. The molecule has 0 heterocycles. The number of primary amides is 1. The molecule has 2 amide bonds. The van der Waals surface area contributed by atoms with Crippen molar-refractivity contribution in [2.45, 2.75) is 26.6 Å². The molecular weight excluding hydrogens is 348 g/mol. The van der Waals surface area contributed by atoms with Crippen LogP contribution in [0.15, 0.2) is 48.5 Å². The minimum absolute atomic E-state index is 0.125. The molecule has 0 atom stereocenters. The van der Waals surface area contributed by atoms with Gasteiger partial charge in [-0.2, -0.15) is 0 Å². The zero-order chi connectivity index (χ0) is 19.8. The second kappa shape index (κ2) is 9.49. The predicted octanol–water partition coefficient (Wildman–Crippen LogP) is 2.51. The number of hydrogen-bond acceptors (Lipinski definition) is 5. The molecule has 0 aliphatic rings. The largest absolute Gasteiger partial charge is 0.452 e. The standard InChI is InChI=1S/C20H22N2O5/c1-13(2)26-11-14-3-5-16(6-4-14)20(25)27-12-18(23)22-17-9-7-15(8-10-17)19(21)24/h3-10,13H,11-12H2,1-2H3,(H2,21,24)(H,22,23). The van der Waals surface area contributed by atoms with Crippen molar-refractivity contribution in [3.8, 4) is 0 Å². The first-order valence-corrected chi connectivity index (χ1v) is 8.42. The normalized spacial score (nSPS) is 10.5. The van der Waals surface area contributed by atoms with Gasteiger partial charge in [-0.1, -0.05) is 12.1 Å². The lowest BCUT2D eigenvalue weighted by Crippen LogP contribution is -2.21. The van der Waals surface area contributed by atoms with Crippen molar-refractivity contribution in [2.24, 2.45) is 5.73 Å². The third kappa shape index (κ3) is 6.56. The van der Waals surface area contributed by atoms with Gasteiger partial charge in [0.05, 0.1) is 18.3 Å². The molecular formula is C20H22N2O5. The summed E-state index contributed by atoms with van der Waals surface area (Å²) in [5.41, 5.74) is 7.24. The van der Waals surface area contributed by atoms with Gasteiger partial charge in [-0.3, -0.25) is 9.59 Å². The highest BCUT2D eigenvalue weighted by molar-refractivity contribution is 5.96. The van der Waals surface area contributed by atoms with Gasteiger partial charge in [0.25, 0.3) is 5.91 Å². The first kappa shape index (κ1) is 20.1. The van der Waals surface area contributed by atoms with E-state index in [9.17, 15) is 14.4 Å². The topological polar surface area (TPSA) is 108 Å². The molecule has 0 saturated carbocycles. The van der Waals surface area contributed by atoms with Crippen LogP contribution in [-0.2, 0) is 20.9 Å². The molecule has 2 aromatic rings. The summed E-state index contributed by atoms with van der Waals surface area (Å²) in [5, 5.41) is 2.57. The summed E-state index contributed by atoms with van der Waals surface area (Å²) >= 11 is 0. The Bertz CT molecular complexity index is 798. The van der Waals surface area contributed by atoms with Gasteiger partial charge in [0, 0.05) is 11.3 Å². The monoisotopic (exact) mass is 370 g/mol. The number of esters is 1. The molecule has 7 nitrogen and oxygen atoms in total. The summed E-state index contributed by atoms with van der Waals surface area (Å²) in [7, 11) is 0. The van der Waals surface area contributed by atoms with E-state index in [1.807, 2.05) is 13.8 Å². The number of nitrogens with one attached hydrogen (secondary N) is 1. The van der Waals surface area contributed by atoms with Crippen molar-refractivity contribution in [2.75, 3.05) is 11.9 Å². The summed E-state index contributed by atoms with van der Waals surface area (Å²) in [5.74, 6) is -1.63. The van der Waals surface area contributed by atoms with E-state index in [1.165, 1.54) is 24.3 Å². The van der Waals surface area contributed by atoms with E-state index in [0.717, 1.165) is 5.56 Å². The Balaban J connectivity index is 1.82. The van der Waals surface area contributed by atoms with Crippen molar-refractivity contribution in [3.63, 3.8) is 0 Å². The SMILES string of the molecule is CC(C)OCc1ccc(C(=O)OCC(=O)Nc2ccc(C(N)=O)cc2)cc1. The van der Waals surface area contributed by atoms with Crippen molar-refractivity contribution >= 4 is 23.5 Å². The number of amides is 2. The fourth-order valence-corrected chi connectivity index (χ4v) is 2.13. The van der Waals surface area contributed by atoms with Gasteiger partial charge in [0.15, 0.2) is 6.61 Å². The fourth-order valence-electron chi connectivity index (χ4n) is 2.13. The van der Waals surface area contributed by atoms with Gasteiger partial charge in [0.2, 0.25) is 5.91 Å². The molecule has 0 unspecified atom stereocenters. The summed E-state index contributed by atoms with van der Waals surface area (Å²) in [6.45, 7) is 3.93. The van der Waals surface area contributed by atoms with Crippen LogP contribution < -0.4 is 11.1 Å². The molecule has 0 fully saturated rings. The van der Waals surface area contributed by atoms with Crippen LogP contribution in [0.1, 0.15) is 40.1 Å². The number of nitrogens with two attached hydrogens (primary N) is 1. The highest BCUT2D eigenvalue weighted by Gasteiger charge is 2.11. The van der Waals surface area contributed by atoms with Gasteiger partial charge < -0.3 is 20.5 Å². The van der Waals surface area contributed by atoms with Crippen LogP contribution in [0.25, 0.3) is 0 Å². The summed E-state index contributed by atoms with van der Waals surface area (Å²) in [4.78, 5) is 34.9. The van der Waals surface area contributed by atoms with E-state index in [0.29, 0.717) is 23.4 Å². The second-order valence-corrected chi connectivity index (χ2v) is 6.12. The number of ether oxygens (including phenoxy) is 2. The maximum Gasteiger partial charge on any atom is 0.338 e. The minimum Gasteiger partial charge on any atom is -0.452 e. The molecule has 0 spiro atoms. The van der Waals surface area contributed by atoms with Gasteiger partial charge in [-0.15, -0.1) is 0 Å². The molecule has 2 rings (SSSR count). The molecule has 2 aromatic carbocycles. The van der Waals surface area contributed by atoms with Crippen LogP contribution in [0, 0.1) is 0 Å². The number of carbonyl (C=O) groups is 3. The zero-order valence-electron chi connectivity index (χ0n) is 15.2. The van der Waals surface area contributed by atoms with Crippen LogP contribution in [0.2, 0.25) is 0 Å². The van der Waals surface area contributed by atoms with E-state index >= 15 is 0 Å². The van der Waals surface area contributed by atoms with Crippen molar-refractivity contribution in [1.82, 2.24) is 0 Å². The number of rotatable bonds is 8. The fraction of sp³-hybridized carbons (Fsp3) is 0.250. The molecule has 0 bridgehead atoms. The van der Waals surface area contributed by atoms with E-state index in [4.69, 9.17) is 15.2 Å². The average Bonchev–Trinajstić information content (AvgIpc) is 2.65. The third-order valence-electron chi connectivity index (χ3n) is 3.56. The number of carbonyl (C=O) groups excluding carboxylic acids is 3. The highest BCUT2D eigenvalue weighted by Crippen LogP contribution is 2.10. The molecule has 0 radical (unpaired) electrons. The van der Waals surface area contributed by atoms with Crippen LogP contribution in [0.5, 0.6) is 0 Å². The summed E-state index contributed by atoms with van der Waals surface area (Å²) < 4.78 is 10.5. The van der Waals surface area contributed by atoms with E-state index in [-0.39, 0.29) is 6.10 Å². The molecule has 0 saturated heterocycles. The van der Waals surface area contributed by atoms with Crippen LogP contribution in [0.4, 0.5) is 5.69 Å². The van der Waals surface area contributed by atoms with Gasteiger partial charge in [0.1, 0.15) is 0 Å². The molecule has 0 aromatic heterocycles. The number of benzene rings is 2. The second-order valence-electron chi connectivity index (χ2n) is 6.12. The quantitative estimate of drug-likeness (QED) is 0.694. The predicted molar refractivity (Wildman–Crippen MR) is 100 cm³/mol. The molecule has 0 aliphatic carbocycles. The van der Waals surface area contributed by atoms with Gasteiger partial charge >= 0.3 is 5.97 Å². The minimum atomic E-state index is -0.592. The molecule has 27 heavy (non-hydrogen) atoms. The Morgan fingerprint density at radius 2 is 1.56 bits per heavy atom. The zero-order valence-corrected chi connectivity index (χ0v) is 15.2. The van der Waals surface area contributed by atoms with Crippen LogP contribution >= 0.6 is 0 Å². The third-order valence-corrected chi connectivity index (χ3v) is 3.56. The van der Waals surface area contributed by atoms with Crippen molar-refractivity contribution in [1.29, 1.82) is 0 Å². The Morgan fingerprint density at radius 3 is 2.11 bits per heavy atom. The van der Waals surface area contributed by atoms with Gasteiger partial charge in [-0.25, -0.2) is 4.79 Å². The molecule has 142 valence electrons. The van der Waals surface area contributed by atoms with Gasteiger partial charge in [-0.05, 0) is 55.8 Å². The molecule has 3 N–H and O–H groups in total. The summed E-state index contributed by atoms with van der Waals surface area (Å²) in [6.07, 6.45) is 0.125. The van der Waals surface area contributed by atoms with Crippen molar-refractivity contribution in [3.05, 3.63) is 65.2 Å². The van der Waals surface area contributed by atoms with E-state index in [1.54, 1.807) is 24.3 Å². The average molecular weight is 370 g/mol. The first-order valence-electron chi connectivity index (χ1n) is 8.42. The van der Waals surface area contributed by atoms with E-state index < -0.39 is 24.4 Å². The van der Waals surface area contributed by atoms with Crippen LogP contribution in [0.3, 0.4) is 0 Å². The number of anilines is 1. The lowest BCUT2D eigenvalue weighted by molar-refractivity contribution is -0.119. The Morgan fingerprint density at radius 1 is 0.963 bits per heavy atom. The molecule has 0 aliphatic heterocycles. The smallest absolute Gasteiger partial charge is 0.338 e. The van der Waals surface area contributed by atoms with E-state index in [2.05, 4.69) is 5.32 Å². The maximum absolute atomic E-state index is 12.0. The van der Waals surface area contributed by atoms with Crippen LogP contribution in [-0.4, -0.2) is 30.5 Å². The lowest BCUT2D eigenvalue weighted by Gasteiger charge is -2.09. The summed E-state index contributed by atoms with van der Waals surface area (Å²) in [6, 6.07) is 12.9. The Hall–Kier alpha value is -3.19. The first-order chi connectivity index (χ1) is 12.8. The molecule has 7 heteroatoms. The maximum atomic E-state index is 12.0. The lowest BCUT2D eigenvalue weighted by atomic mass is 10.1. The van der Waals surface area contributed by atoms with Crippen molar-refractivity contribution < 1.29 is 23.9 Å². The Labute approximate surface area is 157 Å². The Kier molecular flexibility index (Phi) is 7.08.